The summed E-state index contributed by atoms with van der Waals surface area (Å²) in [6.45, 7) is 7.93. The van der Waals surface area contributed by atoms with Crippen LogP contribution in [0.15, 0.2) is 30.6 Å². The van der Waals surface area contributed by atoms with Crippen molar-refractivity contribution in [1.29, 1.82) is 0 Å². The Kier molecular flexibility index (Phi) is 5.43. The lowest BCUT2D eigenvalue weighted by molar-refractivity contribution is -0.137. The molecule has 134 valence electrons. The number of benzene rings is 1. The highest BCUT2D eigenvalue weighted by atomic mass is 19.1. The summed E-state index contributed by atoms with van der Waals surface area (Å²) in [6, 6.07) is 6.41. The van der Waals surface area contributed by atoms with Gasteiger partial charge in [0.2, 0.25) is 5.91 Å². The number of aromatic nitrogens is 3. The molecule has 1 saturated heterocycles. The lowest BCUT2D eigenvalue weighted by atomic mass is 10.2. The van der Waals surface area contributed by atoms with Crippen molar-refractivity contribution in [1.82, 2.24) is 24.6 Å². The zero-order valence-electron chi connectivity index (χ0n) is 14.7. The summed E-state index contributed by atoms with van der Waals surface area (Å²) < 4.78 is 15.2. The minimum Gasteiger partial charge on any atom is -0.336 e. The molecule has 0 unspecified atom stereocenters. The monoisotopic (exact) mass is 345 g/mol. The predicted molar refractivity (Wildman–Crippen MR) is 92.0 cm³/mol. The van der Waals surface area contributed by atoms with Gasteiger partial charge in [-0.1, -0.05) is 26.0 Å². The summed E-state index contributed by atoms with van der Waals surface area (Å²) in [5.41, 5.74) is 0.818. The number of carbonyl (C=O) groups excluding carboxylic acids is 1. The summed E-state index contributed by atoms with van der Waals surface area (Å²) in [6.07, 6.45) is 1.57. The van der Waals surface area contributed by atoms with E-state index in [1.807, 2.05) is 10.7 Å². The Bertz CT molecular complexity index is 730. The molecule has 1 amide bonds. The van der Waals surface area contributed by atoms with Crippen molar-refractivity contribution < 1.29 is 9.18 Å². The Balaban J connectivity index is 1.57. The Morgan fingerprint density at radius 2 is 2.08 bits per heavy atom. The highest BCUT2D eigenvalue weighted by Gasteiger charge is 2.25. The predicted octanol–water partition coefficient (Wildman–Crippen LogP) is 1.92. The maximum Gasteiger partial charge on any atom is 0.237 e. The van der Waals surface area contributed by atoms with Gasteiger partial charge in [0.1, 0.15) is 18.0 Å². The zero-order chi connectivity index (χ0) is 17.8. The second kappa shape index (κ2) is 7.74. The van der Waals surface area contributed by atoms with Crippen LogP contribution in [-0.2, 0) is 24.4 Å². The van der Waals surface area contributed by atoms with Gasteiger partial charge in [-0.3, -0.25) is 9.69 Å². The number of hydrogen-bond acceptors (Lipinski definition) is 4. The van der Waals surface area contributed by atoms with E-state index in [0.717, 1.165) is 24.5 Å². The molecule has 1 aromatic carbocycles. The average molecular weight is 345 g/mol. The fraction of sp³-hybridized carbons (Fsp3) is 0.500. The molecule has 3 rings (SSSR count). The quantitative estimate of drug-likeness (QED) is 0.803. The van der Waals surface area contributed by atoms with Crippen LogP contribution >= 0.6 is 0 Å². The van der Waals surface area contributed by atoms with E-state index in [1.165, 1.54) is 12.1 Å². The van der Waals surface area contributed by atoms with Gasteiger partial charge in [0.15, 0.2) is 0 Å². The van der Waals surface area contributed by atoms with E-state index in [9.17, 15) is 9.18 Å². The highest BCUT2D eigenvalue weighted by molar-refractivity contribution is 5.79. The number of amides is 1. The van der Waals surface area contributed by atoms with Crippen LogP contribution in [0.2, 0.25) is 0 Å². The second-order valence-electron chi connectivity index (χ2n) is 6.91. The van der Waals surface area contributed by atoms with E-state index in [2.05, 4.69) is 28.8 Å². The Labute approximate surface area is 147 Å². The maximum atomic E-state index is 13.3. The standard InChI is InChI=1S/C18H24FN5O/c1-14(2)9-24-17(20-13-21-24)11-22-6-7-23(18(25)12-22)10-15-4-3-5-16(19)8-15/h3-5,8,13-14H,6-7,9-12H2,1-2H3. The minimum atomic E-state index is -0.270. The molecule has 0 atom stereocenters. The van der Waals surface area contributed by atoms with Gasteiger partial charge >= 0.3 is 0 Å². The van der Waals surface area contributed by atoms with Crippen molar-refractivity contribution in [2.75, 3.05) is 19.6 Å². The Morgan fingerprint density at radius 3 is 2.80 bits per heavy atom. The molecular formula is C18H24FN5O. The third kappa shape index (κ3) is 4.63. The normalized spacial score (nSPS) is 16.0. The van der Waals surface area contributed by atoms with E-state index >= 15 is 0 Å². The van der Waals surface area contributed by atoms with Gasteiger partial charge in [-0.25, -0.2) is 14.1 Å². The molecule has 1 aromatic heterocycles. The molecule has 7 heteroatoms. The molecule has 1 fully saturated rings. The van der Waals surface area contributed by atoms with E-state index in [-0.39, 0.29) is 11.7 Å². The van der Waals surface area contributed by atoms with Gasteiger partial charge in [-0.15, -0.1) is 0 Å². The summed E-state index contributed by atoms with van der Waals surface area (Å²) in [4.78, 5) is 20.6. The van der Waals surface area contributed by atoms with Crippen molar-refractivity contribution in [3.63, 3.8) is 0 Å². The van der Waals surface area contributed by atoms with Crippen molar-refractivity contribution in [3.8, 4) is 0 Å². The molecule has 25 heavy (non-hydrogen) atoms. The molecule has 0 radical (unpaired) electrons. The zero-order valence-corrected chi connectivity index (χ0v) is 14.7. The largest absolute Gasteiger partial charge is 0.336 e. The van der Waals surface area contributed by atoms with Crippen LogP contribution in [-0.4, -0.2) is 50.1 Å². The number of halogens is 1. The summed E-state index contributed by atoms with van der Waals surface area (Å²) >= 11 is 0. The molecule has 0 spiro atoms. The molecule has 1 aliphatic heterocycles. The topological polar surface area (TPSA) is 54.3 Å². The van der Waals surface area contributed by atoms with Crippen LogP contribution in [0.3, 0.4) is 0 Å². The van der Waals surface area contributed by atoms with Gasteiger partial charge in [-0.05, 0) is 23.6 Å². The number of carbonyl (C=O) groups is 1. The number of nitrogens with zero attached hydrogens (tertiary/aromatic N) is 5. The smallest absolute Gasteiger partial charge is 0.237 e. The van der Waals surface area contributed by atoms with Gasteiger partial charge in [-0.2, -0.15) is 5.10 Å². The van der Waals surface area contributed by atoms with E-state index in [4.69, 9.17) is 0 Å². The van der Waals surface area contributed by atoms with Crippen LogP contribution in [0.5, 0.6) is 0 Å². The van der Waals surface area contributed by atoms with Crippen LogP contribution in [0.4, 0.5) is 4.39 Å². The van der Waals surface area contributed by atoms with Crippen molar-refractivity contribution in [2.45, 2.75) is 33.5 Å². The number of piperazine rings is 1. The van der Waals surface area contributed by atoms with Crippen LogP contribution in [0.25, 0.3) is 0 Å². The van der Waals surface area contributed by atoms with Crippen molar-refractivity contribution in [3.05, 3.63) is 47.8 Å². The molecule has 0 N–H and O–H groups in total. The highest BCUT2D eigenvalue weighted by Crippen LogP contribution is 2.13. The third-order valence-corrected chi connectivity index (χ3v) is 4.26. The van der Waals surface area contributed by atoms with Gasteiger partial charge in [0.25, 0.3) is 0 Å². The van der Waals surface area contributed by atoms with Crippen molar-refractivity contribution >= 4 is 5.91 Å². The van der Waals surface area contributed by atoms with Gasteiger partial charge in [0, 0.05) is 26.2 Å². The molecule has 2 heterocycles. The minimum absolute atomic E-state index is 0.0606. The lowest BCUT2D eigenvalue weighted by Gasteiger charge is -2.34. The molecule has 1 aliphatic rings. The van der Waals surface area contributed by atoms with Gasteiger partial charge < -0.3 is 4.90 Å². The van der Waals surface area contributed by atoms with Crippen LogP contribution in [0.1, 0.15) is 25.2 Å². The third-order valence-electron chi connectivity index (χ3n) is 4.26. The second-order valence-corrected chi connectivity index (χ2v) is 6.91. The summed E-state index contributed by atoms with van der Waals surface area (Å²) in [5.74, 6) is 1.17. The average Bonchev–Trinajstić information content (AvgIpc) is 2.96. The maximum absolute atomic E-state index is 13.3. The van der Waals surface area contributed by atoms with Gasteiger partial charge in [0.05, 0.1) is 13.1 Å². The lowest BCUT2D eigenvalue weighted by Crippen LogP contribution is -2.49. The number of rotatable bonds is 6. The first-order chi connectivity index (χ1) is 12.0. The van der Waals surface area contributed by atoms with E-state index in [1.54, 1.807) is 17.3 Å². The molecule has 0 saturated carbocycles. The molecule has 0 aliphatic carbocycles. The molecule has 6 nitrogen and oxygen atoms in total. The van der Waals surface area contributed by atoms with E-state index in [0.29, 0.717) is 32.1 Å². The van der Waals surface area contributed by atoms with Crippen LogP contribution < -0.4 is 0 Å². The fourth-order valence-electron chi connectivity index (χ4n) is 3.02. The fourth-order valence-corrected chi connectivity index (χ4v) is 3.02. The molecular weight excluding hydrogens is 321 g/mol. The van der Waals surface area contributed by atoms with Crippen molar-refractivity contribution in [2.24, 2.45) is 5.92 Å². The summed E-state index contributed by atoms with van der Waals surface area (Å²) in [7, 11) is 0. The first kappa shape index (κ1) is 17.5. The van der Waals surface area contributed by atoms with Crippen LogP contribution in [0, 0.1) is 11.7 Å². The summed E-state index contributed by atoms with van der Waals surface area (Å²) in [5, 5.41) is 4.27. The molecule has 2 aromatic rings. The molecule has 0 bridgehead atoms. The number of hydrogen-bond donors (Lipinski definition) is 0. The first-order valence-electron chi connectivity index (χ1n) is 8.62. The van der Waals surface area contributed by atoms with E-state index < -0.39 is 0 Å². The SMILES string of the molecule is CC(C)Cn1ncnc1CN1CCN(Cc2cccc(F)c2)C(=O)C1. The Morgan fingerprint density at radius 1 is 1.24 bits per heavy atom. The Hall–Kier alpha value is -2.28. The first-order valence-corrected chi connectivity index (χ1v) is 8.62.